The number of nitrogens with zero attached hydrogens (tertiary/aromatic N) is 4. The molecule has 2 saturated heterocycles. The first kappa shape index (κ1) is 32.9. The number of alkyl halides is 2. The van der Waals surface area contributed by atoms with Crippen LogP contribution in [-0.2, 0) is 27.0 Å². The van der Waals surface area contributed by atoms with Crippen LogP contribution >= 0.6 is 0 Å². The van der Waals surface area contributed by atoms with E-state index in [1.165, 1.54) is 24.5 Å². The van der Waals surface area contributed by atoms with Crippen LogP contribution in [0.2, 0.25) is 0 Å². The fourth-order valence-electron chi connectivity index (χ4n) is 7.17. The molecular formula is C33H42F3N5O4S. The summed E-state index contributed by atoms with van der Waals surface area (Å²) in [4.78, 5) is 25.0. The fraction of sp³-hybridized carbons (Fsp3) is 0.606. The first-order chi connectivity index (χ1) is 22.0. The zero-order chi connectivity index (χ0) is 32.5. The number of sulfone groups is 1. The van der Waals surface area contributed by atoms with Crippen molar-refractivity contribution in [3.63, 3.8) is 0 Å². The number of nitrogens with one attached hydrogen (secondary N) is 1. The van der Waals surface area contributed by atoms with Crippen LogP contribution in [0.25, 0.3) is 11.0 Å². The summed E-state index contributed by atoms with van der Waals surface area (Å²) in [5.74, 6) is -4.36. The normalized spacial score (nSPS) is 26.2. The SMILES string of the molecule is C[C@H]1Nc2ncnc3c2cc(C2CCS(=O)(=O)CC2)c(=O)n3CCCOCCCN2CCC(CC2)CC(F)(F)c2cccc1c2F. The Bertz CT molecular complexity index is 1710. The quantitative estimate of drug-likeness (QED) is 0.370. The van der Waals surface area contributed by atoms with E-state index >= 15 is 13.2 Å². The molecule has 0 unspecified atom stereocenters. The van der Waals surface area contributed by atoms with Crippen LogP contribution in [-0.4, -0.2) is 72.2 Å². The third-order valence-electron chi connectivity index (χ3n) is 9.83. The van der Waals surface area contributed by atoms with Gasteiger partial charge in [-0.25, -0.2) is 31.6 Å². The molecule has 9 nitrogen and oxygen atoms in total. The molecular weight excluding hydrogens is 619 g/mol. The molecule has 0 aliphatic carbocycles. The summed E-state index contributed by atoms with van der Waals surface area (Å²) < 4.78 is 79.0. The average molecular weight is 662 g/mol. The molecule has 1 aromatic carbocycles. The maximum atomic E-state index is 15.9. The standard InChI is InChI=1S/C33H42F3N5O4S/c1-22-25-5-2-6-28(29(25)34)33(35,36)20-23-7-13-40(14-8-23)11-3-15-45-16-4-12-41-31-27(30(39-22)37-21-38-31)19-26(32(41)42)24-9-17-46(43,44)18-10-24/h2,5-6,19,21-24H,3-4,7-18,20H2,1H3,(H,37,38,39)/t22-/m1/s1. The van der Waals surface area contributed by atoms with Crippen molar-refractivity contribution >= 4 is 26.7 Å². The van der Waals surface area contributed by atoms with Gasteiger partial charge < -0.3 is 15.0 Å². The van der Waals surface area contributed by atoms with Gasteiger partial charge in [-0.1, -0.05) is 18.2 Å². The van der Waals surface area contributed by atoms with Crippen molar-refractivity contribution in [2.45, 2.75) is 76.3 Å². The number of aromatic nitrogens is 3. The Morgan fingerprint density at radius 2 is 1.70 bits per heavy atom. The summed E-state index contributed by atoms with van der Waals surface area (Å²) in [7, 11) is -3.15. The summed E-state index contributed by atoms with van der Waals surface area (Å²) in [5.41, 5.74) is 0.127. The van der Waals surface area contributed by atoms with E-state index in [0.717, 1.165) is 26.1 Å². The number of benzene rings is 1. The van der Waals surface area contributed by atoms with Crippen LogP contribution in [0.4, 0.5) is 19.0 Å². The van der Waals surface area contributed by atoms with E-state index in [2.05, 4.69) is 20.2 Å². The number of hydrogen-bond donors (Lipinski definition) is 1. The molecule has 0 saturated carbocycles. The number of halogens is 3. The average Bonchev–Trinajstić information content (AvgIpc) is 3.02. The minimum Gasteiger partial charge on any atom is -0.381 e. The minimum atomic E-state index is -3.32. The third-order valence-corrected chi connectivity index (χ3v) is 11.5. The lowest BCUT2D eigenvalue weighted by Gasteiger charge is -2.34. The first-order valence-electron chi connectivity index (χ1n) is 16.3. The maximum Gasteiger partial charge on any atom is 0.276 e. The van der Waals surface area contributed by atoms with Crippen molar-refractivity contribution in [2.75, 3.05) is 49.7 Å². The van der Waals surface area contributed by atoms with E-state index in [1.54, 1.807) is 17.6 Å². The second-order valence-corrected chi connectivity index (χ2v) is 15.3. The summed E-state index contributed by atoms with van der Waals surface area (Å²) in [6, 6.07) is 5.11. The Labute approximate surface area is 267 Å². The highest BCUT2D eigenvalue weighted by Gasteiger charge is 2.39. The van der Waals surface area contributed by atoms with Crippen LogP contribution in [0.3, 0.4) is 0 Å². The van der Waals surface area contributed by atoms with Gasteiger partial charge in [0.25, 0.3) is 11.5 Å². The van der Waals surface area contributed by atoms with Crippen LogP contribution in [0, 0.1) is 11.7 Å². The molecule has 0 radical (unpaired) electrons. The van der Waals surface area contributed by atoms with E-state index in [0.29, 0.717) is 74.3 Å². The predicted octanol–water partition coefficient (Wildman–Crippen LogP) is 5.40. The maximum absolute atomic E-state index is 15.9. The number of piperidine rings is 1. The lowest BCUT2D eigenvalue weighted by Crippen LogP contribution is -2.36. The van der Waals surface area contributed by atoms with Gasteiger partial charge in [0.15, 0.2) is 0 Å². The van der Waals surface area contributed by atoms with Gasteiger partial charge in [-0.3, -0.25) is 9.36 Å². The zero-order valence-electron chi connectivity index (χ0n) is 26.2. The molecule has 2 fully saturated rings. The second-order valence-electron chi connectivity index (χ2n) is 13.0. The van der Waals surface area contributed by atoms with Crippen LogP contribution in [0.1, 0.15) is 80.5 Å². The van der Waals surface area contributed by atoms with Gasteiger partial charge >= 0.3 is 0 Å². The minimum absolute atomic E-state index is 0.00877. The number of ether oxygens (including phenoxy) is 1. The molecule has 1 N–H and O–H groups in total. The monoisotopic (exact) mass is 661 g/mol. The van der Waals surface area contributed by atoms with Crippen LogP contribution < -0.4 is 10.9 Å². The van der Waals surface area contributed by atoms with E-state index in [1.807, 2.05) is 0 Å². The van der Waals surface area contributed by atoms with E-state index in [-0.39, 0.29) is 34.5 Å². The molecule has 1 atom stereocenters. The third kappa shape index (κ3) is 7.11. The topological polar surface area (TPSA) is 106 Å². The molecule has 6 heterocycles. The molecule has 3 aromatic rings. The number of pyridine rings is 1. The highest BCUT2D eigenvalue weighted by Crippen LogP contribution is 2.41. The van der Waals surface area contributed by atoms with Crippen molar-refractivity contribution < 1.29 is 26.3 Å². The highest BCUT2D eigenvalue weighted by molar-refractivity contribution is 7.91. The van der Waals surface area contributed by atoms with E-state index < -0.39 is 39.6 Å². The molecule has 7 rings (SSSR count). The van der Waals surface area contributed by atoms with Crippen molar-refractivity contribution in [1.82, 2.24) is 19.4 Å². The molecule has 0 spiro atoms. The largest absolute Gasteiger partial charge is 0.381 e. The van der Waals surface area contributed by atoms with E-state index in [4.69, 9.17) is 4.74 Å². The van der Waals surface area contributed by atoms with Crippen LogP contribution in [0.5, 0.6) is 0 Å². The molecule has 4 aliphatic rings. The van der Waals surface area contributed by atoms with Gasteiger partial charge in [-0.05, 0) is 76.4 Å². The van der Waals surface area contributed by atoms with E-state index in [9.17, 15) is 13.2 Å². The Balaban J connectivity index is 1.39. The number of anilines is 1. The molecule has 250 valence electrons. The predicted molar refractivity (Wildman–Crippen MR) is 171 cm³/mol. The summed E-state index contributed by atoms with van der Waals surface area (Å²) >= 11 is 0. The Morgan fingerprint density at radius 1 is 0.978 bits per heavy atom. The number of hydrogen-bond acceptors (Lipinski definition) is 8. The van der Waals surface area contributed by atoms with Crippen molar-refractivity contribution in [2.24, 2.45) is 5.92 Å². The molecule has 46 heavy (non-hydrogen) atoms. The Morgan fingerprint density at radius 3 is 2.43 bits per heavy atom. The van der Waals surface area contributed by atoms with Gasteiger partial charge in [-0.2, -0.15) is 0 Å². The number of rotatable bonds is 1. The lowest BCUT2D eigenvalue weighted by atomic mass is 9.87. The van der Waals surface area contributed by atoms with Gasteiger partial charge in [0.05, 0.1) is 28.5 Å². The lowest BCUT2D eigenvalue weighted by molar-refractivity contribution is -0.0403. The molecule has 4 aliphatic heterocycles. The van der Waals surface area contributed by atoms with Crippen molar-refractivity contribution in [3.8, 4) is 0 Å². The number of fused-ring (bicyclic) bond motifs is 10. The summed E-state index contributed by atoms with van der Waals surface area (Å²) in [6.07, 6.45) is 4.26. The van der Waals surface area contributed by atoms with Crippen molar-refractivity contribution in [3.05, 3.63) is 63.5 Å². The van der Waals surface area contributed by atoms with Gasteiger partial charge in [-0.15, -0.1) is 0 Å². The Kier molecular flexibility index (Phi) is 9.73. The molecule has 8 bridgehead atoms. The fourth-order valence-corrected chi connectivity index (χ4v) is 8.66. The second kappa shape index (κ2) is 13.6. The first-order valence-corrected chi connectivity index (χ1v) is 18.2. The summed E-state index contributed by atoms with van der Waals surface area (Å²) in [5, 5.41) is 3.72. The van der Waals surface area contributed by atoms with Crippen molar-refractivity contribution in [1.29, 1.82) is 0 Å². The van der Waals surface area contributed by atoms with Gasteiger partial charge in [0.2, 0.25) is 0 Å². The van der Waals surface area contributed by atoms with Crippen LogP contribution in [0.15, 0.2) is 35.4 Å². The number of aryl methyl sites for hydroxylation is 1. The van der Waals surface area contributed by atoms with Gasteiger partial charge in [0.1, 0.15) is 33.4 Å². The smallest absolute Gasteiger partial charge is 0.276 e. The zero-order valence-corrected chi connectivity index (χ0v) is 27.0. The van der Waals surface area contributed by atoms with Gasteiger partial charge in [0, 0.05) is 43.9 Å². The summed E-state index contributed by atoms with van der Waals surface area (Å²) in [6.45, 7) is 5.28. The Hall–Kier alpha value is -3.03. The highest BCUT2D eigenvalue weighted by atomic mass is 32.2. The molecule has 0 amide bonds. The molecule has 2 aromatic heterocycles. The molecule has 13 heteroatoms.